The molecular weight excluding hydrogens is 332 g/mol. The molecule has 1 amide bonds. The van der Waals surface area contributed by atoms with Crippen molar-refractivity contribution in [2.45, 2.75) is 44.0 Å². The van der Waals surface area contributed by atoms with E-state index in [4.69, 9.17) is 5.11 Å². The summed E-state index contributed by atoms with van der Waals surface area (Å²) in [6.07, 6.45) is 1.30. The van der Waals surface area contributed by atoms with Crippen molar-refractivity contribution in [3.05, 3.63) is 29.3 Å². The number of aliphatic carboxylic acids is 1. The summed E-state index contributed by atoms with van der Waals surface area (Å²) in [6.45, 7) is 4.16. The van der Waals surface area contributed by atoms with E-state index in [1.807, 2.05) is 0 Å². The molecule has 1 saturated heterocycles. The largest absolute Gasteiger partial charge is 0.481 e. The van der Waals surface area contributed by atoms with E-state index in [1.165, 1.54) is 12.1 Å². The van der Waals surface area contributed by atoms with Crippen molar-refractivity contribution in [1.29, 1.82) is 0 Å². The lowest BCUT2D eigenvalue weighted by molar-refractivity contribution is -0.137. The van der Waals surface area contributed by atoms with Gasteiger partial charge in [-0.05, 0) is 37.5 Å². The third-order valence-electron chi connectivity index (χ3n) is 4.13. The second kappa shape index (κ2) is 7.31. The van der Waals surface area contributed by atoms with Crippen LogP contribution >= 0.6 is 0 Å². The van der Waals surface area contributed by atoms with Gasteiger partial charge < -0.3 is 10.0 Å². The third kappa shape index (κ3) is 3.93. The topological polar surface area (TPSA) is 104 Å². The molecule has 0 bridgehead atoms. The number of rotatable bonds is 6. The monoisotopic (exact) mass is 354 g/mol. The number of nitrogens with zero attached hydrogens (tertiary/aromatic N) is 1. The van der Waals surface area contributed by atoms with Gasteiger partial charge in [-0.25, -0.2) is 13.1 Å². The molecule has 0 aliphatic carbocycles. The Labute approximate surface area is 141 Å². The number of aryl methyl sites for hydroxylation is 1. The summed E-state index contributed by atoms with van der Waals surface area (Å²) in [5, 5.41) is 8.98. The molecule has 0 saturated carbocycles. The molecular formula is C16H22N2O5S. The Morgan fingerprint density at radius 1 is 1.38 bits per heavy atom. The van der Waals surface area contributed by atoms with E-state index >= 15 is 0 Å². The van der Waals surface area contributed by atoms with E-state index in [2.05, 4.69) is 4.72 Å². The molecule has 2 N–H and O–H groups in total. The van der Waals surface area contributed by atoms with Crippen LogP contribution < -0.4 is 4.72 Å². The van der Waals surface area contributed by atoms with Crippen molar-refractivity contribution in [3.8, 4) is 0 Å². The summed E-state index contributed by atoms with van der Waals surface area (Å²) in [7, 11) is -3.65. The molecule has 1 aromatic rings. The van der Waals surface area contributed by atoms with E-state index in [9.17, 15) is 18.0 Å². The van der Waals surface area contributed by atoms with Crippen molar-refractivity contribution >= 4 is 21.9 Å². The summed E-state index contributed by atoms with van der Waals surface area (Å²) in [6, 6.07) is 4.08. The number of likely N-dealkylation sites (tertiary alicyclic amines) is 1. The van der Waals surface area contributed by atoms with Crippen LogP contribution in [0.15, 0.2) is 23.1 Å². The zero-order valence-corrected chi connectivity index (χ0v) is 14.6. The molecule has 1 aliphatic rings. The molecule has 1 aliphatic heterocycles. The van der Waals surface area contributed by atoms with E-state index in [-0.39, 0.29) is 29.8 Å². The predicted octanol–water partition coefficient (Wildman–Crippen LogP) is 1.37. The maximum Gasteiger partial charge on any atom is 0.305 e. The number of carboxylic acids is 1. The molecule has 1 aromatic carbocycles. The number of benzene rings is 1. The minimum absolute atomic E-state index is 0.0345. The second-order valence-corrected chi connectivity index (χ2v) is 7.64. The minimum atomic E-state index is -3.65. The van der Waals surface area contributed by atoms with Gasteiger partial charge in [0.05, 0.1) is 11.3 Å². The van der Waals surface area contributed by atoms with Crippen LogP contribution in [-0.2, 0) is 14.8 Å². The molecule has 1 heterocycles. The van der Waals surface area contributed by atoms with Gasteiger partial charge in [-0.15, -0.1) is 0 Å². The second-order valence-electron chi connectivity index (χ2n) is 5.87. The van der Waals surface area contributed by atoms with E-state index < -0.39 is 16.0 Å². The minimum Gasteiger partial charge on any atom is -0.481 e. The van der Waals surface area contributed by atoms with Crippen LogP contribution in [0.5, 0.6) is 0 Å². The number of nitrogens with one attached hydrogen (secondary N) is 1. The first-order chi connectivity index (χ1) is 11.3. The molecule has 1 fully saturated rings. The van der Waals surface area contributed by atoms with Gasteiger partial charge in [-0.2, -0.15) is 0 Å². The molecule has 1 atom stereocenters. The van der Waals surface area contributed by atoms with Crippen molar-refractivity contribution in [2.24, 2.45) is 0 Å². The van der Waals surface area contributed by atoms with Crippen LogP contribution in [-0.4, -0.2) is 49.4 Å². The Balaban J connectivity index is 2.34. The van der Waals surface area contributed by atoms with Gasteiger partial charge in [0, 0.05) is 24.7 Å². The fourth-order valence-electron chi connectivity index (χ4n) is 2.94. The number of carbonyl (C=O) groups is 2. The highest BCUT2D eigenvalue weighted by molar-refractivity contribution is 7.89. The average Bonchev–Trinajstić information content (AvgIpc) is 2.94. The molecule has 7 nitrogen and oxygen atoms in total. The Morgan fingerprint density at radius 3 is 2.71 bits per heavy atom. The maximum absolute atomic E-state index is 12.8. The van der Waals surface area contributed by atoms with Gasteiger partial charge in [-0.1, -0.05) is 13.0 Å². The van der Waals surface area contributed by atoms with Gasteiger partial charge in [-0.3, -0.25) is 9.59 Å². The summed E-state index contributed by atoms with van der Waals surface area (Å²) >= 11 is 0. The molecule has 2 rings (SSSR count). The van der Waals surface area contributed by atoms with E-state index in [1.54, 1.807) is 24.8 Å². The van der Waals surface area contributed by atoms with Gasteiger partial charge >= 0.3 is 5.97 Å². The highest BCUT2D eigenvalue weighted by Crippen LogP contribution is 2.25. The van der Waals surface area contributed by atoms with Gasteiger partial charge in [0.2, 0.25) is 10.0 Å². The quantitative estimate of drug-likeness (QED) is 0.803. The van der Waals surface area contributed by atoms with Crippen LogP contribution in [0.1, 0.15) is 42.1 Å². The molecule has 24 heavy (non-hydrogen) atoms. The number of hydrogen-bond acceptors (Lipinski definition) is 4. The SMILES string of the molecule is CCNS(=O)(=O)c1ccc(C)c(C(=O)N2CCCC2CC(=O)O)c1. The van der Waals surface area contributed by atoms with Crippen LogP contribution in [0.4, 0.5) is 0 Å². The first kappa shape index (κ1) is 18.4. The Morgan fingerprint density at radius 2 is 2.08 bits per heavy atom. The summed E-state index contributed by atoms with van der Waals surface area (Å²) in [4.78, 5) is 25.3. The molecule has 8 heteroatoms. The molecule has 0 spiro atoms. The van der Waals surface area contributed by atoms with Crippen molar-refractivity contribution in [3.63, 3.8) is 0 Å². The van der Waals surface area contributed by atoms with Crippen molar-refractivity contribution in [2.75, 3.05) is 13.1 Å². The maximum atomic E-state index is 12.8. The summed E-state index contributed by atoms with van der Waals surface area (Å²) in [5.41, 5.74) is 0.961. The van der Waals surface area contributed by atoms with Crippen LogP contribution in [0, 0.1) is 6.92 Å². The summed E-state index contributed by atoms with van der Waals surface area (Å²) < 4.78 is 26.7. The van der Waals surface area contributed by atoms with Gasteiger partial charge in [0.15, 0.2) is 0 Å². The third-order valence-corrected chi connectivity index (χ3v) is 5.68. The first-order valence-electron chi connectivity index (χ1n) is 7.89. The number of carbonyl (C=O) groups excluding carboxylic acids is 1. The standard InChI is InChI=1S/C16H22N2O5S/c1-3-17-24(22,23)13-7-6-11(2)14(10-13)16(21)18-8-4-5-12(18)9-15(19)20/h6-7,10,12,17H,3-5,8-9H2,1-2H3,(H,19,20). The van der Waals surface area contributed by atoms with Crippen LogP contribution in [0.3, 0.4) is 0 Å². The zero-order valence-electron chi connectivity index (χ0n) is 13.8. The molecule has 0 radical (unpaired) electrons. The predicted molar refractivity (Wildman–Crippen MR) is 88.4 cm³/mol. The van der Waals surface area contributed by atoms with Crippen molar-refractivity contribution in [1.82, 2.24) is 9.62 Å². The highest BCUT2D eigenvalue weighted by atomic mass is 32.2. The average molecular weight is 354 g/mol. The molecule has 1 unspecified atom stereocenters. The number of hydrogen-bond donors (Lipinski definition) is 2. The smallest absolute Gasteiger partial charge is 0.305 e. The molecule has 0 aromatic heterocycles. The fourth-order valence-corrected chi connectivity index (χ4v) is 4.01. The van der Waals surface area contributed by atoms with Gasteiger partial charge in [0.25, 0.3) is 5.91 Å². The molecule has 132 valence electrons. The number of amides is 1. The normalized spacial score (nSPS) is 17.9. The van der Waals surface area contributed by atoms with Crippen molar-refractivity contribution < 1.29 is 23.1 Å². The Hall–Kier alpha value is -1.93. The fraction of sp³-hybridized carbons (Fsp3) is 0.500. The first-order valence-corrected chi connectivity index (χ1v) is 9.37. The zero-order chi connectivity index (χ0) is 17.9. The van der Waals surface area contributed by atoms with E-state index in [0.29, 0.717) is 24.1 Å². The number of sulfonamides is 1. The van der Waals surface area contributed by atoms with Crippen LogP contribution in [0.25, 0.3) is 0 Å². The van der Waals surface area contributed by atoms with Crippen LogP contribution in [0.2, 0.25) is 0 Å². The summed E-state index contributed by atoms with van der Waals surface area (Å²) in [5.74, 6) is -1.26. The Bertz CT molecular complexity index is 745. The van der Waals surface area contributed by atoms with E-state index in [0.717, 1.165) is 6.42 Å². The van der Waals surface area contributed by atoms with Gasteiger partial charge in [0.1, 0.15) is 0 Å². The highest BCUT2D eigenvalue weighted by Gasteiger charge is 2.32. The lowest BCUT2D eigenvalue weighted by Crippen LogP contribution is -2.37. The Kier molecular flexibility index (Phi) is 5.61. The lowest BCUT2D eigenvalue weighted by atomic mass is 10.1. The lowest BCUT2D eigenvalue weighted by Gasteiger charge is -2.24. The number of carboxylic acid groups (broad SMARTS) is 1.